The van der Waals surface area contributed by atoms with Crippen LogP contribution in [0.4, 0.5) is 4.39 Å². The lowest BCUT2D eigenvalue weighted by Gasteiger charge is -2.08. The summed E-state index contributed by atoms with van der Waals surface area (Å²) in [5.74, 6) is -1.60. The number of fused-ring (bicyclic) bond motifs is 1. The Labute approximate surface area is 125 Å². The molecule has 0 bridgehead atoms. The number of aromatic carboxylic acids is 1. The molecule has 0 aliphatic carbocycles. The molecule has 0 aliphatic rings. The number of benzene rings is 2. The molecule has 1 heterocycles. The van der Waals surface area contributed by atoms with E-state index in [2.05, 4.69) is 4.98 Å². The average molecular weight is 292 g/mol. The number of halogens is 1. The molecule has 3 rings (SSSR count). The van der Waals surface area contributed by atoms with E-state index >= 15 is 0 Å². The highest BCUT2D eigenvalue weighted by Crippen LogP contribution is 2.29. The molecule has 3 aromatic rings. The molecular formula is C17H9FN2O2. The van der Waals surface area contributed by atoms with Gasteiger partial charge in [0.1, 0.15) is 5.82 Å². The van der Waals surface area contributed by atoms with Crippen molar-refractivity contribution in [1.82, 2.24) is 4.98 Å². The smallest absolute Gasteiger partial charge is 0.335 e. The van der Waals surface area contributed by atoms with E-state index in [4.69, 9.17) is 10.4 Å². The minimum absolute atomic E-state index is 0.0646. The Hall–Kier alpha value is -3.26. The lowest BCUT2D eigenvalue weighted by Crippen LogP contribution is -1.97. The number of pyridine rings is 1. The van der Waals surface area contributed by atoms with Crippen molar-refractivity contribution in [2.75, 3.05) is 0 Å². The van der Waals surface area contributed by atoms with Crippen LogP contribution in [-0.4, -0.2) is 16.1 Å². The van der Waals surface area contributed by atoms with Crippen LogP contribution in [0.3, 0.4) is 0 Å². The number of carboxylic acid groups (broad SMARTS) is 1. The Balaban J connectivity index is 2.28. The van der Waals surface area contributed by atoms with Crippen LogP contribution in [0.2, 0.25) is 0 Å². The number of hydrogen-bond acceptors (Lipinski definition) is 3. The van der Waals surface area contributed by atoms with E-state index in [0.29, 0.717) is 27.6 Å². The molecule has 1 N–H and O–H groups in total. The topological polar surface area (TPSA) is 74.0 Å². The number of rotatable bonds is 2. The first-order valence-corrected chi connectivity index (χ1v) is 6.42. The van der Waals surface area contributed by atoms with Crippen LogP contribution < -0.4 is 0 Å². The van der Waals surface area contributed by atoms with E-state index in [9.17, 15) is 9.18 Å². The van der Waals surface area contributed by atoms with Crippen LogP contribution in [0.15, 0.2) is 48.7 Å². The largest absolute Gasteiger partial charge is 0.478 e. The molecule has 0 saturated carbocycles. The molecule has 4 nitrogen and oxygen atoms in total. The highest BCUT2D eigenvalue weighted by atomic mass is 19.1. The highest BCUT2D eigenvalue weighted by Gasteiger charge is 2.12. The zero-order valence-corrected chi connectivity index (χ0v) is 11.2. The van der Waals surface area contributed by atoms with Gasteiger partial charge < -0.3 is 5.11 Å². The Morgan fingerprint density at radius 1 is 1.14 bits per heavy atom. The van der Waals surface area contributed by atoms with Crippen molar-refractivity contribution in [2.24, 2.45) is 0 Å². The van der Waals surface area contributed by atoms with Crippen LogP contribution in [-0.2, 0) is 0 Å². The fourth-order valence-corrected chi connectivity index (χ4v) is 2.27. The van der Waals surface area contributed by atoms with Gasteiger partial charge in [-0.1, -0.05) is 18.2 Å². The first kappa shape index (κ1) is 13.7. The minimum atomic E-state index is -1.09. The highest BCUT2D eigenvalue weighted by molar-refractivity contribution is 6.00. The Kier molecular flexibility index (Phi) is 3.28. The van der Waals surface area contributed by atoms with E-state index in [1.54, 1.807) is 24.3 Å². The number of carboxylic acids is 1. The second-order valence-corrected chi connectivity index (χ2v) is 4.71. The molecule has 2 aromatic carbocycles. The molecule has 22 heavy (non-hydrogen) atoms. The zero-order chi connectivity index (χ0) is 15.7. The molecule has 0 unspecified atom stereocenters. The molecular weight excluding hydrogens is 283 g/mol. The quantitative estimate of drug-likeness (QED) is 0.783. The zero-order valence-electron chi connectivity index (χ0n) is 11.2. The number of aromatic nitrogens is 1. The van der Waals surface area contributed by atoms with E-state index < -0.39 is 11.8 Å². The second kappa shape index (κ2) is 5.26. The molecule has 0 saturated heterocycles. The van der Waals surface area contributed by atoms with Crippen molar-refractivity contribution in [1.29, 1.82) is 5.26 Å². The summed E-state index contributed by atoms with van der Waals surface area (Å²) in [6, 6.07) is 12.9. The van der Waals surface area contributed by atoms with Gasteiger partial charge in [-0.05, 0) is 24.3 Å². The lowest BCUT2D eigenvalue weighted by molar-refractivity contribution is 0.0697. The van der Waals surface area contributed by atoms with Crippen LogP contribution in [0.1, 0.15) is 15.9 Å². The summed E-state index contributed by atoms with van der Waals surface area (Å²) in [7, 11) is 0. The summed E-state index contributed by atoms with van der Waals surface area (Å²) in [6.45, 7) is 0. The van der Waals surface area contributed by atoms with Gasteiger partial charge in [0.25, 0.3) is 0 Å². The molecule has 5 heteroatoms. The summed E-state index contributed by atoms with van der Waals surface area (Å²) >= 11 is 0. The Bertz CT molecular complexity index is 928. The van der Waals surface area contributed by atoms with Gasteiger partial charge in [0.15, 0.2) is 0 Å². The molecule has 0 spiro atoms. The van der Waals surface area contributed by atoms with Gasteiger partial charge in [-0.2, -0.15) is 5.26 Å². The fourth-order valence-electron chi connectivity index (χ4n) is 2.27. The SMILES string of the molecule is N#Cc1ccc(-c2ncc(F)c3ccc(C(=O)O)cc23)cc1. The number of nitriles is 1. The van der Waals surface area contributed by atoms with Gasteiger partial charge >= 0.3 is 5.97 Å². The summed E-state index contributed by atoms with van der Waals surface area (Å²) in [5, 5.41) is 18.6. The average Bonchev–Trinajstić information content (AvgIpc) is 2.55. The number of carbonyl (C=O) groups is 1. The van der Waals surface area contributed by atoms with Gasteiger partial charge in [0.05, 0.1) is 29.1 Å². The molecule has 0 fully saturated rings. The van der Waals surface area contributed by atoms with Crippen molar-refractivity contribution in [3.63, 3.8) is 0 Å². The first-order chi connectivity index (χ1) is 10.6. The summed E-state index contributed by atoms with van der Waals surface area (Å²) in [4.78, 5) is 15.2. The van der Waals surface area contributed by atoms with Crippen LogP contribution in [0, 0.1) is 17.1 Å². The maximum absolute atomic E-state index is 13.9. The van der Waals surface area contributed by atoms with Gasteiger partial charge in [0.2, 0.25) is 0 Å². The van der Waals surface area contributed by atoms with E-state index in [-0.39, 0.29) is 5.56 Å². The first-order valence-electron chi connectivity index (χ1n) is 6.42. The normalized spacial score (nSPS) is 10.4. The third kappa shape index (κ3) is 2.27. The molecule has 0 amide bonds. The predicted octanol–water partition coefficient (Wildman–Crippen LogP) is 3.61. The van der Waals surface area contributed by atoms with Crippen LogP contribution in [0.5, 0.6) is 0 Å². The van der Waals surface area contributed by atoms with E-state index in [1.165, 1.54) is 18.2 Å². The van der Waals surface area contributed by atoms with Crippen LogP contribution >= 0.6 is 0 Å². The molecule has 1 aromatic heterocycles. The summed E-state index contributed by atoms with van der Waals surface area (Å²) in [6.07, 6.45) is 1.11. The van der Waals surface area contributed by atoms with Crippen LogP contribution in [0.25, 0.3) is 22.0 Å². The standard InChI is InChI=1S/C17H9FN2O2/c18-15-9-20-16(11-3-1-10(8-19)2-4-11)14-7-12(17(21)22)5-6-13(14)15/h1-7,9H,(H,21,22). The van der Waals surface area contributed by atoms with E-state index in [0.717, 1.165) is 6.20 Å². The number of hydrogen-bond donors (Lipinski definition) is 1. The number of nitrogens with zero attached hydrogens (tertiary/aromatic N) is 2. The third-order valence-electron chi connectivity index (χ3n) is 3.37. The van der Waals surface area contributed by atoms with Gasteiger partial charge in [0, 0.05) is 16.3 Å². The van der Waals surface area contributed by atoms with Crippen molar-refractivity contribution in [2.45, 2.75) is 0 Å². The maximum Gasteiger partial charge on any atom is 0.335 e. The monoisotopic (exact) mass is 292 g/mol. The minimum Gasteiger partial charge on any atom is -0.478 e. The van der Waals surface area contributed by atoms with E-state index in [1.807, 2.05) is 6.07 Å². The molecule has 0 aliphatic heterocycles. The molecule has 106 valence electrons. The van der Waals surface area contributed by atoms with Gasteiger partial charge in [-0.3, -0.25) is 4.98 Å². The second-order valence-electron chi connectivity index (χ2n) is 4.71. The van der Waals surface area contributed by atoms with Gasteiger partial charge in [-0.15, -0.1) is 0 Å². The summed E-state index contributed by atoms with van der Waals surface area (Å²) < 4.78 is 13.9. The van der Waals surface area contributed by atoms with Crippen molar-refractivity contribution in [3.8, 4) is 17.3 Å². The van der Waals surface area contributed by atoms with Gasteiger partial charge in [-0.25, -0.2) is 9.18 Å². The fraction of sp³-hybridized carbons (Fsp3) is 0. The Morgan fingerprint density at radius 2 is 1.86 bits per heavy atom. The molecule has 0 radical (unpaired) electrons. The Morgan fingerprint density at radius 3 is 2.50 bits per heavy atom. The third-order valence-corrected chi connectivity index (χ3v) is 3.37. The predicted molar refractivity (Wildman–Crippen MR) is 78.8 cm³/mol. The van der Waals surface area contributed by atoms with Crippen molar-refractivity contribution >= 4 is 16.7 Å². The van der Waals surface area contributed by atoms with Crippen molar-refractivity contribution in [3.05, 3.63) is 65.6 Å². The lowest BCUT2D eigenvalue weighted by atomic mass is 10.0. The van der Waals surface area contributed by atoms with Crippen molar-refractivity contribution < 1.29 is 14.3 Å². The summed E-state index contributed by atoms with van der Waals surface area (Å²) in [5.41, 5.74) is 1.73. The maximum atomic E-state index is 13.9. The molecule has 0 atom stereocenters.